The number of Topliss-reactive ketones (excluding diaryl/α,β-unsaturated/α-hetero) is 1. The minimum atomic E-state index is -1.02. The maximum atomic E-state index is 13.9. The van der Waals surface area contributed by atoms with E-state index in [9.17, 15) is 14.7 Å². The first-order valence-electron chi connectivity index (χ1n) is 15.0. The molecule has 1 fully saturated rings. The number of pyridine rings is 1. The molecule has 0 spiro atoms. The number of aliphatic hydroxyl groups excluding tert-OH is 1. The van der Waals surface area contributed by atoms with Crippen molar-refractivity contribution in [2.24, 2.45) is 0 Å². The summed E-state index contributed by atoms with van der Waals surface area (Å²) >= 11 is 2.71. The third-order valence-electron chi connectivity index (χ3n) is 7.69. The number of hydrogen-bond donors (Lipinski definition) is 1. The van der Waals surface area contributed by atoms with Gasteiger partial charge in [0.1, 0.15) is 11.3 Å². The predicted octanol–water partition coefficient (Wildman–Crippen LogP) is 6.99. The third kappa shape index (κ3) is 6.10. The summed E-state index contributed by atoms with van der Waals surface area (Å²) < 4.78 is 14.0. The van der Waals surface area contributed by atoms with Gasteiger partial charge >= 0.3 is 5.91 Å². The van der Waals surface area contributed by atoms with Gasteiger partial charge in [-0.3, -0.25) is 18.9 Å². The second-order valence-electron chi connectivity index (χ2n) is 10.7. The van der Waals surface area contributed by atoms with Crippen LogP contribution < -0.4 is 14.4 Å². The maximum Gasteiger partial charge on any atom is 0.301 e. The lowest BCUT2D eigenvalue weighted by atomic mass is 9.96. The second kappa shape index (κ2) is 13.8. The molecule has 10 nitrogen and oxygen atoms in total. The number of unbranched alkanes of at least 4 members (excludes halogenated alkanes) is 2. The van der Waals surface area contributed by atoms with Gasteiger partial charge in [0, 0.05) is 11.9 Å². The Labute approximate surface area is 274 Å². The van der Waals surface area contributed by atoms with Crippen molar-refractivity contribution in [3.63, 3.8) is 0 Å². The summed E-state index contributed by atoms with van der Waals surface area (Å²) in [4.78, 5) is 33.5. The molecule has 5 aromatic rings. The van der Waals surface area contributed by atoms with Crippen molar-refractivity contribution >= 4 is 51.3 Å². The molecular formula is C34H33N5O5S2. The average molecular weight is 656 g/mol. The summed E-state index contributed by atoms with van der Waals surface area (Å²) in [6.45, 7) is 4.41. The summed E-state index contributed by atoms with van der Waals surface area (Å²) in [7, 11) is 1.54. The van der Waals surface area contributed by atoms with E-state index in [1.54, 1.807) is 47.9 Å². The van der Waals surface area contributed by atoms with Crippen molar-refractivity contribution in [1.29, 1.82) is 0 Å². The lowest BCUT2D eigenvalue weighted by Crippen LogP contribution is -2.29. The summed E-state index contributed by atoms with van der Waals surface area (Å²) in [5, 5.41) is 20.8. The fraction of sp³-hybridized carbons (Fsp3) is 0.265. The van der Waals surface area contributed by atoms with E-state index in [1.807, 2.05) is 36.4 Å². The van der Waals surface area contributed by atoms with E-state index in [0.717, 1.165) is 24.8 Å². The first kappa shape index (κ1) is 31.3. The zero-order valence-electron chi connectivity index (χ0n) is 25.7. The number of amides is 1. The van der Waals surface area contributed by atoms with Crippen molar-refractivity contribution in [1.82, 2.24) is 19.6 Å². The van der Waals surface area contributed by atoms with Crippen LogP contribution in [0, 0.1) is 6.92 Å². The summed E-state index contributed by atoms with van der Waals surface area (Å²) in [6.07, 6.45) is 4.78. The number of carbonyl (C=O) groups excluding carboxylic acids is 2. The van der Waals surface area contributed by atoms with Crippen molar-refractivity contribution in [2.75, 3.05) is 18.6 Å². The van der Waals surface area contributed by atoms with Crippen molar-refractivity contribution < 1.29 is 24.2 Å². The number of hydrogen-bond acceptors (Lipinski definition) is 10. The Kier molecular flexibility index (Phi) is 9.36. The average Bonchev–Trinajstić information content (AvgIpc) is 3.75. The molecule has 0 saturated carbocycles. The quantitative estimate of drug-likeness (QED) is 0.0379. The number of ether oxygens (including phenoxy) is 2. The number of anilines is 1. The molecular weight excluding hydrogens is 623 g/mol. The maximum absolute atomic E-state index is 13.9. The number of imidazole rings is 1. The van der Waals surface area contributed by atoms with E-state index in [0.29, 0.717) is 50.8 Å². The molecule has 4 heterocycles. The Morgan fingerprint density at radius 3 is 2.61 bits per heavy atom. The number of benzene rings is 2. The smallest absolute Gasteiger partial charge is 0.301 e. The number of thioether (sulfide) groups is 1. The van der Waals surface area contributed by atoms with Gasteiger partial charge in [0.15, 0.2) is 21.6 Å². The summed E-state index contributed by atoms with van der Waals surface area (Å²) in [5.41, 5.74) is 3.03. The topological polar surface area (TPSA) is 119 Å². The number of rotatable bonds is 12. The molecule has 0 bridgehead atoms. The number of aryl methyl sites for hydroxylation is 1. The standard InChI is InChI=1S/C34H33N5O5S2/c1-4-5-11-18-44-24-16-15-23(19-25(24)43-3)29-27(30(40)28-21(2)35-26-14-9-10-17-38(26)28)31(41)32(42)39(29)33-36-37-34(46-33)45-20-22-12-7-6-8-13-22/h6-10,12-17,19,29,40H,4-5,11,18,20H2,1-3H3. The minimum Gasteiger partial charge on any atom is -0.505 e. The number of ketones is 1. The highest BCUT2D eigenvalue weighted by molar-refractivity contribution is 8.00. The lowest BCUT2D eigenvalue weighted by Gasteiger charge is -2.23. The van der Waals surface area contributed by atoms with Crippen molar-refractivity contribution in [3.05, 3.63) is 101 Å². The van der Waals surface area contributed by atoms with E-state index >= 15 is 0 Å². The number of nitrogens with zero attached hydrogens (tertiary/aromatic N) is 5. The highest BCUT2D eigenvalue weighted by atomic mass is 32.2. The molecule has 0 radical (unpaired) electrons. The largest absolute Gasteiger partial charge is 0.505 e. The molecule has 236 valence electrons. The number of aliphatic hydroxyl groups is 1. The van der Waals surface area contributed by atoms with Crippen LogP contribution in [0.1, 0.15) is 54.7 Å². The lowest BCUT2D eigenvalue weighted by molar-refractivity contribution is -0.132. The van der Waals surface area contributed by atoms with Gasteiger partial charge in [-0.05, 0) is 48.7 Å². The van der Waals surface area contributed by atoms with E-state index < -0.39 is 17.7 Å². The minimum absolute atomic E-state index is 0.0777. The molecule has 3 aromatic heterocycles. The van der Waals surface area contributed by atoms with Crippen LogP contribution in [0.2, 0.25) is 0 Å². The first-order chi connectivity index (χ1) is 22.4. The van der Waals surface area contributed by atoms with E-state index in [4.69, 9.17) is 9.47 Å². The molecule has 1 unspecified atom stereocenters. The Bertz CT molecular complexity index is 1920. The number of aromatic nitrogens is 4. The van der Waals surface area contributed by atoms with Gasteiger partial charge in [-0.15, -0.1) is 10.2 Å². The van der Waals surface area contributed by atoms with Crippen LogP contribution in [-0.4, -0.2) is 50.1 Å². The van der Waals surface area contributed by atoms with Crippen LogP contribution >= 0.6 is 23.1 Å². The van der Waals surface area contributed by atoms with Crippen LogP contribution in [-0.2, 0) is 15.3 Å². The summed E-state index contributed by atoms with van der Waals surface area (Å²) in [5.74, 6) is -0.311. The SMILES string of the molecule is CCCCCOc1ccc(C2C(=C(O)c3c(C)nc4ccccn34)C(=O)C(=O)N2c2nnc(SCc3ccccc3)s2)cc1OC. The van der Waals surface area contributed by atoms with Gasteiger partial charge in [0.05, 0.1) is 31.0 Å². The first-order valence-corrected chi connectivity index (χ1v) is 16.8. The molecule has 46 heavy (non-hydrogen) atoms. The number of fused-ring (bicyclic) bond motifs is 1. The van der Waals surface area contributed by atoms with Gasteiger partial charge in [-0.2, -0.15) is 0 Å². The fourth-order valence-electron chi connectivity index (χ4n) is 5.46. The Hall–Kier alpha value is -4.68. The van der Waals surface area contributed by atoms with Gasteiger partial charge in [0.25, 0.3) is 5.78 Å². The zero-order valence-corrected chi connectivity index (χ0v) is 27.3. The second-order valence-corrected chi connectivity index (χ2v) is 12.9. The van der Waals surface area contributed by atoms with Gasteiger partial charge in [-0.1, -0.05) is 85.3 Å². The van der Waals surface area contributed by atoms with Gasteiger partial charge < -0.3 is 14.6 Å². The van der Waals surface area contributed by atoms with Crippen LogP contribution in [0.4, 0.5) is 5.13 Å². The van der Waals surface area contributed by atoms with E-state index in [1.165, 1.54) is 35.1 Å². The predicted molar refractivity (Wildman–Crippen MR) is 179 cm³/mol. The highest BCUT2D eigenvalue weighted by Gasteiger charge is 2.49. The number of carbonyl (C=O) groups is 2. The Balaban J connectivity index is 1.44. The van der Waals surface area contributed by atoms with Gasteiger partial charge in [0.2, 0.25) is 5.13 Å². The normalized spacial score (nSPS) is 16.0. The summed E-state index contributed by atoms with van der Waals surface area (Å²) in [6, 6.07) is 19.7. The molecule has 1 atom stereocenters. The molecule has 12 heteroatoms. The molecule has 1 N–H and O–H groups in total. The Morgan fingerprint density at radius 2 is 1.83 bits per heavy atom. The molecule has 1 saturated heterocycles. The van der Waals surface area contributed by atoms with Crippen LogP contribution in [0.3, 0.4) is 0 Å². The van der Waals surface area contributed by atoms with Crippen molar-refractivity contribution in [3.8, 4) is 11.5 Å². The third-order valence-corrected chi connectivity index (χ3v) is 9.82. The van der Waals surface area contributed by atoms with Crippen molar-refractivity contribution in [2.45, 2.75) is 49.2 Å². The molecule has 2 aromatic carbocycles. The Morgan fingerprint density at radius 1 is 1.02 bits per heavy atom. The molecule has 0 aliphatic carbocycles. The van der Waals surface area contributed by atoms with Crippen LogP contribution in [0.15, 0.2) is 82.8 Å². The zero-order chi connectivity index (χ0) is 32.2. The van der Waals surface area contributed by atoms with Gasteiger partial charge in [-0.25, -0.2) is 4.98 Å². The molecule has 1 aliphatic rings. The molecule has 1 aliphatic heterocycles. The van der Waals surface area contributed by atoms with E-state index in [-0.39, 0.29) is 16.5 Å². The van der Waals surface area contributed by atoms with Crippen LogP contribution in [0.5, 0.6) is 11.5 Å². The molecule has 1 amide bonds. The fourth-order valence-corrected chi connectivity index (χ4v) is 7.28. The monoisotopic (exact) mass is 655 g/mol. The van der Waals surface area contributed by atoms with E-state index in [2.05, 4.69) is 22.1 Å². The number of methoxy groups -OCH3 is 1. The highest BCUT2D eigenvalue weighted by Crippen LogP contribution is 2.46. The van der Waals surface area contributed by atoms with Crippen LogP contribution in [0.25, 0.3) is 11.4 Å². The molecule has 6 rings (SSSR count).